The van der Waals surface area contributed by atoms with Gasteiger partial charge in [-0.2, -0.15) is 0 Å². The third kappa shape index (κ3) is 2.28. The molecule has 0 saturated heterocycles. The lowest BCUT2D eigenvalue weighted by atomic mass is 10.1. The van der Waals surface area contributed by atoms with Crippen molar-refractivity contribution in [3.05, 3.63) is 65.0 Å². The van der Waals surface area contributed by atoms with E-state index in [0.717, 1.165) is 26.8 Å². The molecule has 0 amide bonds. The number of fused-ring (bicyclic) bond motifs is 1. The number of rotatable bonds is 2. The van der Waals surface area contributed by atoms with Crippen LogP contribution >= 0.6 is 27.3 Å². The summed E-state index contributed by atoms with van der Waals surface area (Å²) in [6.45, 7) is 0. The number of benzene rings is 1. The Morgan fingerprint density at radius 3 is 2.86 bits per heavy atom. The first-order valence-electron chi connectivity index (χ1n) is 6.44. The molecule has 21 heavy (non-hydrogen) atoms. The minimum atomic E-state index is 0.971. The van der Waals surface area contributed by atoms with Crippen LogP contribution in [0.3, 0.4) is 0 Å². The van der Waals surface area contributed by atoms with Gasteiger partial charge >= 0.3 is 0 Å². The summed E-state index contributed by atoms with van der Waals surface area (Å²) in [6.07, 6.45) is 5.56. The van der Waals surface area contributed by atoms with Gasteiger partial charge in [-0.1, -0.05) is 22.0 Å². The monoisotopic (exact) mass is 355 g/mol. The van der Waals surface area contributed by atoms with E-state index in [1.54, 1.807) is 17.5 Å². The zero-order valence-corrected chi connectivity index (χ0v) is 13.3. The minimum absolute atomic E-state index is 0.971. The fourth-order valence-corrected chi connectivity index (χ4v) is 3.38. The Labute approximate surface area is 134 Å². The van der Waals surface area contributed by atoms with E-state index < -0.39 is 0 Å². The van der Waals surface area contributed by atoms with Crippen LogP contribution in [0.2, 0.25) is 0 Å². The lowest BCUT2D eigenvalue weighted by molar-refractivity contribution is 1.07. The van der Waals surface area contributed by atoms with Gasteiger partial charge in [-0.25, -0.2) is 9.97 Å². The maximum atomic E-state index is 4.80. The minimum Gasteiger partial charge on any atom is -0.306 e. The highest BCUT2D eigenvalue weighted by Gasteiger charge is 2.10. The molecule has 0 N–H and O–H groups in total. The van der Waals surface area contributed by atoms with Crippen molar-refractivity contribution in [2.75, 3.05) is 0 Å². The van der Waals surface area contributed by atoms with E-state index in [4.69, 9.17) is 4.98 Å². The first-order chi connectivity index (χ1) is 10.3. The SMILES string of the molecule is Brc1ccc2c(-n3ccnc3)cc(-c3cccs3)nc2c1. The Hall–Kier alpha value is -1.98. The number of halogens is 1. The van der Waals surface area contributed by atoms with Gasteiger partial charge in [0.25, 0.3) is 0 Å². The van der Waals surface area contributed by atoms with Crippen LogP contribution < -0.4 is 0 Å². The summed E-state index contributed by atoms with van der Waals surface area (Å²) in [5.41, 5.74) is 3.05. The molecule has 5 heteroatoms. The van der Waals surface area contributed by atoms with Gasteiger partial charge in [-0.15, -0.1) is 11.3 Å². The van der Waals surface area contributed by atoms with Crippen LogP contribution in [0.5, 0.6) is 0 Å². The largest absolute Gasteiger partial charge is 0.306 e. The topological polar surface area (TPSA) is 30.7 Å². The molecule has 1 aromatic carbocycles. The van der Waals surface area contributed by atoms with Crippen molar-refractivity contribution < 1.29 is 0 Å². The summed E-state index contributed by atoms with van der Waals surface area (Å²) in [5, 5.41) is 3.18. The fraction of sp³-hybridized carbons (Fsp3) is 0. The van der Waals surface area contributed by atoms with Crippen molar-refractivity contribution in [1.82, 2.24) is 14.5 Å². The van der Waals surface area contributed by atoms with Crippen molar-refractivity contribution in [3.63, 3.8) is 0 Å². The fourth-order valence-electron chi connectivity index (χ4n) is 2.35. The van der Waals surface area contributed by atoms with Crippen molar-refractivity contribution in [2.24, 2.45) is 0 Å². The molecule has 102 valence electrons. The molecule has 0 fully saturated rings. The van der Waals surface area contributed by atoms with E-state index in [1.165, 1.54) is 4.88 Å². The predicted molar refractivity (Wildman–Crippen MR) is 89.9 cm³/mol. The summed E-state index contributed by atoms with van der Waals surface area (Å²) < 4.78 is 3.05. The smallest absolute Gasteiger partial charge is 0.0991 e. The van der Waals surface area contributed by atoms with Gasteiger partial charge in [0.1, 0.15) is 0 Å². The van der Waals surface area contributed by atoms with Crippen LogP contribution in [-0.2, 0) is 0 Å². The number of pyridine rings is 1. The number of imidazole rings is 1. The molecule has 3 heterocycles. The highest BCUT2D eigenvalue weighted by atomic mass is 79.9. The molecule has 4 aromatic rings. The van der Waals surface area contributed by atoms with Gasteiger partial charge in [-0.05, 0) is 35.7 Å². The van der Waals surface area contributed by atoms with Crippen molar-refractivity contribution in [1.29, 1.82) is 0 Å². The molecule has 0 bridgehead atoms. The first kappa shape index (κ1) is 12.7. The molecule has 0 aliphatic heterocycles. The molecule has 0 atom stereocenters. The molecule has 4 rings (SSSR count). The summed E-state index contributed by atoms with van der Waals surface area (Å²) in [6, 6.07) is 12.4. The van der Waals surface area contributed by atoms with E-state index in [2.05, 4.69) is 44.5 Å². The van der Waals surface area contributed by atoms with Crippen LogP contribution in [0, 0.1) is 0 Å². The normalized spacial score (nSPS) is 11.1. The zero-order valence-electron chi connectivity index (χ0n) is 10.9. The Balaban J connectivity index is 2.06. The Bertz CT molecular complexity index is 899. The lowest BCUT2D eigenvalue weighted by Crippen LogP contribution is -1.95. The second-order valence-electron chi connectivity index (χ2n) is 4.64. The number of aromatic nitrogens is 3. The van der Waals surface area contributed by atoms with Gasteiger partial charge in [0.15, 0.2) is 0 Å². The highest BCUT2D eigenvalue weighted by molar-refractivity contribution is 9.10. The third-order valence-electron chi connectivity index (χ3n) is 3.31. The molecule has 0 radical (unpaired) electrons. The zero-order chi connectivity index (χ0) is 14.2. The van der Waals surface area contributed by atoms with Crippen LogP contribution in [0.1, 0.15) is 0 Å². The third-order valence-corrected chi connectivity index (χ3v) is 4.69. The van der Waals surface area contributed by atoms with Gasteiger partial charge in [0, 0.05) is 22.3 Å². The predicted octanol–water partition coefficient (Wildman–Crippen LogP) is 4.91. The van der Waals surface area contributed by atoms with Gasteiger partial charge in [0.05, 0.1) is 28.1 Å². The van der Waals surface area contributed by atoms with Gasteiger partial charge in [0.2, 0.25) is 0 Å². The maximum absolute atomic E-state index is 4.80. The lowest BCUT2D eigenvalue weighted by Gasteiger charge is -2.10. The number of thiophene rings is 1. The van der Waals surface area contributed by atoms with E-state index in [-0.39, 0.29) is 0 Å². The van der Waals surface area contributed by atoms with E-state index in [1.807, 2.05) is 35.3 Å². The number of hydrogen-bond acceptors (Lipinski definition) is 3. The standard InChI is InChI=1S/C16H10BrN3S/c17-11-3-4-12-13(8-11)19-14(16-2-1-7-21-16)9-15(12)20-6-5-18-10-20/h1-10H. The van der Waals surface area contributed by atoms with Crippen LogP contribution in [0.25, 0.3) is 27.2 Å². The summed E-state index contributed by atoms with van der Waals surface area (Å²) >= 11 is 5.22. The maximum Gasteiger partial charge on any atom is 0.0991 e. The molecule has 0 aliphatic rings. The molecule has 0 unspecified atom stereocenters. The van der Waals surface area contributed by atoms with E-state index >= 15 is 0 Å². The van der Waals surface area contributed by atoms with Crippen molar-refractivity contribution in [3.8, 4) is 16.3 Å². The number of nitrogens with zero attached hydrogens (tertiary/aromatic N) is 3. The Morgan fingerprint density at radius 2 is 2.10 bits per heavy atom. The van der Waals surface area contributed by atoms with Crippen molar-refractivity contribution in [2.45, 2.75) is 0 Å². The quantitative estimate of drug-likeness (QED) is 0.511. The van der Waals surface area contributed by atoms with Crippen LogP contribution in [-0.4, -0.2) is 14.5 Å². The van der Waals surface area contributed by atoms with Gasteiger partial charge in [-0.3, -0.25) is 0 Å². The second kappa shape index (κ2) is 5.09. The summed E-state index contributed by atoms with van der Waals surface area (Å²) in [4.78, 5) is 10.1. The molecule has 3 nitrogen and oxygen atoms in total. The molecular weight excluding hydrogens is 346 g/mol. The molecule has 0 spiro atoms. The van der Waals surface area contributed by atoms with Gasteiger partial charge < -0.3 is 4.57 Å². The first-order valence-corrected chi connectivity index (χ1v) is 8.11. The average molecular weight is 356 g/mol. The second-order valence-corrected chi connectivity index (χ2v) is 6.50. The van der Waals surface area contributed by atoms with E-state index in [9.17, 15) is 0 Å². The Morgan fingerprint density at radius 1 is 1.14 bits per heavy atom. The number of hydrogen-bond donors (Lipinski definition) is 0. The average Bonchev–Trinajstić information content (AvgIpc) is 3.19. The summed E-state index contributed by atoms with van der Waals surface area (Å²) in [5.74, 6) is 0. The van der Waals surface area contributed by atoms with Crippen LogP contribution in [0.4, 0.5) is 0 Å². The molecule has 0 saturated carbocycles. The molecule has 0 aliphatic carbocycles. The highest BCUT2D eigenvalue weighted by Crippen LogP contribution is 2.30. The molecular formula is C16H10BrN3S. The Kier molecular flexibility index (Phi) is 3.09. The van der Waals surface area contributed by atoms with E-state index in [0.29, 0.717) is 0 Å². The van der Waals surface area contributed by atoms with Crippen LogP contribution in [0.15, 0.2) is 65.0 Å². The summed E-state index contributed by atoms with van der Waals surface area (Å²) in [7, 11) is 0. The van der Waals surface area contributed by atoms with Crippen molar-refractivity contribution >= 4 is 38.2 Å². The molecule has 3 aromatic heterocycles.